The van der Waals surface area contributed by atoms with Crippen molar-refractivity contribution in [1.82, 2.24) is 5.32 Å². The Balaban J connectivity index is 1.90. The zero-order valence-corrected chi connectivity index (χ0v) is 19.2. The van der Waals surface area contributed by atoms with E-state index in [0.29, 0.717) is 6.42 Å². The van der Waals surface area contributed by atoms with Gasteiger partial charge in [-0.05, 0) is 23.1 Å². The Hall–Kier alpha value is -3.38. The van der Waals surface area contributed by atoms with E-state index < -0.39 is 23.8 Å². The number of hydrogen-bond donors (Lipinski definition) is 2. The quantitative estimate of drug-likeness (QED) is 0.464. The summed E-state index contributed by atoms with van der Waals surface area (Å²) < 4.78 is 0. The molecule has 170 valence electrons. The lowest BCUT2D eigenvalue weighted by molar-refractivity contribution is -0.142. The van der Waals surface area contributed by atoms with E-state index in [4.69, 9.17) is 0 Å². The number of amides is 1. The van der Waals surface area contributed by atoms with Gasteiger partial charge in [0.2, 0.25) is 5.91 Å². The minimum absolute atomic E-state index is 0.0814. The van der Waals surface area contributed by atoms with E-state index in [1.54, 1.807) is 0 Å². The van der Waals surface area contributed by atoms with Crippen molar-refractivity contribution in [2.45, 2.75) is 25.3 Å². The van der Waals surface area contributed by atoms with Crippen molar-refractivity contribution in [2.24, 2.45) is 5.92 Å². The zero-order chi connectivity index (χ0) is 23.6. The first-order valence-corrected chi connectivity index (χ1v) is 11.7. The Bertz CT molecular complexity index is 1020. The molecular weight excluding hydrogens is 434 g/mol. The summed E-state index contributed by atoms with van der Waals surface area (Å²) in [5.41, 5.74) is 2.56. The van der Waals surface area contributed by atoms with Crippen LogP contribution >= 0.6 is 11.8 Å². The number of carbonyl (C=O) groups is 3. The molecule has 0 spiro atoms. The van der Waals surface area contributed by atoms with Crippen LogP contribution in [0.5, 0.6) is 0 Å². The van der Waals surface area contributed by atoms with Crippen LogP contribution in [0.2, 0.25) is 0 Å². The van der Waals surface area contributed by atoms with Gasteiger partial charge in [-0.2, -0.15) is 0 Å². The van der Waals surface area contributed by atoms with Crippen molar-refractivity contribution in [3.05, 3.63) is 108 Å². The summed E-state index contributed by atoms with van der Waals surface area (Å²) >= 11 is 1.08. The van der Waals surface area contributed by atoms with Crippen LogP contribution in [0, 0.1) is 5.92 Å². The molecule has 1 amide bonds. The van der Waals surface area contributed by atoms with Crippen molar-refractivity contribution in [3.8, 4) is 0 Å². The lowest BCUT2D eigenvalue weighted by Crippen LogP contribution is -2.48. The summed E-state index contributed by atoms with van der Waals surface area (Å²) in [4.78, 5) is 37.3. The number of thioether (sulfide) groups is 1. The van der Waals surface area contributed by atoms with Crippen LogP contribution in [0.1, 0.15) is 29.5 Å². The molecule has 0 unspecified atom stereocenters. The second-order valence-electron chi connectivity index (χ2n) is 7.81. The number of carboxylic acid groups (broad SMARTS) is 1. The highest BCUT2D eigenvalue weighted by Gasteiger charge is 2.34. The maximum Gasteiger partial charge on any atom is 0.327 e. The van der Waals surface area contributed by atoms with E-state index in [0.717, 1.165) is 28.5 Å². The summed E-state index contributed by atoms with van der Waals surface area (Å²) in [5.74, 6) is -2.32. The Morgan fingerprint density at radius 2 is 1.30 bits per heavy atom. The molecule has 6 heteroatoms. The van der Waals surface area contributed by atoms with Crippen LogP contribution in [0.3, 0.4) is 0 Å². The molecule has 0 radical (unpaired) electrons. The van der Waals surface area contributed by atoms with Crippen LogP contribution in [0.15, 0.2) is 91.0 Å². The fourth-order valence-electron chi connectivity index (χ4n) is 3.80. The van der Waals surface area contributed by atoms with Gasteiger partial charge >= 0.3 is 5.97 Å². The first-order chi connectivity index (χ1) is 16.0. The van der Waals surface area contributed by atoms with Crippen molar-refractivity contribution in [1.29, 1.82) is 0 Å². The molecule has 0 aromatic heterocycles. The van der Waals surface area contributed by atoms with Gasteiger partial charge in [-0.25, -0.2) is 4.79 Å². The Labute approximate surface area is 198 Å². The van der Waals surface area contributed by atoms with Gasteiger partial charge in [0, 0.05) is 18.6 Å². The lowest BCUT2D eigenvalue weighted by Gasteiger charge is -2.27. The fraction of sp³-hybridized carbons (Fsp3) is 0.222. The standard InChI is InChI=1S/C27H27NO4S/c1-19(29)33-18-23(17-20-11-5-2-6-12-20)26(30)28-25(27(31)32)24(21-13-7-3-8-14-21)22-15-9-4-10-16-22/h2-16,23-25H,17-18H2,1H3,(H,28,30)(H,31,32)/t23-,25+/m1/s1. The maximum atomic E-state index is 13.3. The third kappa shape index (κ3) is 7.05. The Morgan fingerprint density at radius 3 is 1.76 bits per heavy atom. The van der Waals surface area contributed by atoms with Crippen molar-refractivity contribution >= 4 is 28.8 Å². The molecule has 3 aromatic carbocycles. The monoisotopic (exact) mass is 461 g/mol. The molecule has 0 fully saturated rings. The third-order valence-electron chi connectivity index (χ3n) is 5.40. The van der Waals surface area contributed by atoms with Gasteiger partial charge in [0.05, 0.1) is 5.92 Å². The number of benzene rings is 3. The summed E-state index contributed by atoms with van der Waals surface area (Å²) in [6.45, 7) is 1.46. The van der Waals surface area contributed by atoms with E-state index in [2.05, 4.69) is 5.32 Å². The van der Waals surface area contributed by atoms with Crippen LogP contribution in [0.4, 0.5) is 0 Å². The molecule has 0 aliphatic heterocycles. The number of aliphatic carboxylic acids is 1. The predicted octanol–water partition coefficient (Wildman–Crippen LogP) is 4.53. The van der Waals surface area contributed by atoms with Gasteiger partial charge < -0.3 is 10.4 Å². The number of carboxylic acids is 1. The van der Waals surface area contributed by atoms with Crippen LogP contribution < -0.4 is 5.32 Å². The van der Waals surface area contributed by atoms with Crippen molar-refractivity contribution in [3.63, 3.8) is 0 Å². The summed E-state index contributed by atoms with van der Waals surface area (Å²) in [7, 11) is 0. The first-order valence-electron chi connectivity index (χ1n) is 10.8. The number of nitrogens with one attached hydrogen (secondary N) is 1. The predicted molar refractivity (Wildman–Crippen MR) is 131 cm³/mol. The van der Waals surface area contributed by atoms with E-state index in [-0.39, 0.29) is 16.8 Å². The largest absolute Gasteiger partial charge is 0.480 e. The molecule has 0 aliphatic rings. The topological polar surface area (TPSA) is 83.5 Å². The maximum absolute atomic E-state index is 13.3. The first kappa shape index (κ1) is 24.3. The minimum Gasteiger partial charge on any atom is -0.480 e. The fourth-order valence-corrected chi connectivity index (χ4v) is 4.51. The molecular formula is C27H27NO4S. The van der Waals surface area contributed by atoms with Gasteiger partial charge in [-0.15, -0.1) is 0 Å². The van der Waals surface area contributed by atoms with E-state index in [1.807, 2.05) is 91.0 Å². The van der Waals surface area contributed by atoms with Gasteiger partial charge in [-0.3, -0.25) is 9.59 Å². The Kier molecular flexibility index (Phi) is 8.84. The molecule has 3 rings (SSSR count). The molecule has 0 saturated carbocycles. The lowest BCUT2D eigenvalue weighted by atomic mass is 9.84. The smallest absolute Gasteiger partial charge is 0.327 e. The number of rotatable bonds is 10. The SMILES string of the molecule is CC(=O)SC[C@@H](Cc1ccccc1)C(=O)N[C@H](C(=O)O)C(c1ccccc1)c1ccccc1. The van der Waals surface area contributed by atoms with Crippen molar-refractivity contribution in [2.75, 3.05) is 5.75 Å². The molecule has 0 bridgehead atoms. The van der Waals surface area contributed by atoms with Gasteiger partial charge in [0.15, 0.2) is 5.12 Å². The van der Waals surface area contributed by atoms with Crippen LogP contribution in [0.25, 0.3) is 0 Å². The highest BCUT2D eigenvalue weighted by Crippen LogP contribution is 2.29. The highest BCUT2D eigenvalue weighted by molar-refractivity contribution is 8.13. The normalized spacial score (nSPS) is 12.7. The average Bonchev–Trinajstić information content (AvgIpc) is 2.83. The molecule has 0 saturated heterocycles. The Morgan fingerprint density at radius 1 is 0.818 bits per heavy atom. The summed E-state index contributed by atoms with van der Waals surface area (Å²) in [6.07, 6.45) is 0.417. The third-order valence-corrected chi connectivity index (χ3v) is 6.37. The molecule has 2 N–H and O–H groups in total. The van der Waals surface area contributed by atoms with E-state index >= 15 is 0 Å². The van der Waals surface area contributed by atoms with E-state index in [9.17, 15) is 19.5 Å². The molecule has 0 heterocycles. The summed E-state index contributed by atoms with van der Waals surface area (Å²) in [5, 5.41) is 12.8. The molecule has 0 aliphatic carbocycles. The molecule has 2 atom stereocenters. The molecule has 5 nitrogen and oxygen atoms in total. The summed E-state index contributed by atoms with van der Waals surface area (Å²) in [6, 6.07) is 27.0. The van der Waals surface area contributed by atoms with Gasteiger partial charge in [-0.1, -0.05) is 103 Å². The van der Waals surface area contributed by atoms with Crippen LogP contribution in [-0.4, -0.2) is 33.9 Å². The van der Waals surface area contributed by atoms with Crippen LogP contribution in [-0.2, 0) is 20.8 Å². The minimum atomic E-state index is -1.16. The molecule has 3 aromatic rings. The second-order valence-corrected chi connectivity index (χ2v) is 9.01. The zero-order valence-electron chi connectivity index (χ0n) is 18.4. The van der Waals surface area contributed by atoms with Gasteiger partial charge in [0.25, 0.3) is 0 Å². The number of hydrogen-bond acceptors (Lipinski definition) is 4. The molecule has 33 heavy (non-hydrogen) atoms. The van der Waals surface area contributed by atoms with Gasteiger partial charge in [0.1, 0.15) is 6.04 Å². The highest BCUT2D eigenvalue weighted by atomic mass is 32.2. The average molecular weight is 462 g/mol. The number of carbonyl (C=O) groups excluding carboxylic acids is 2. The second kappa shape index (κ2) is 12.0. The van der Waals surface area contributed by atoms with E-state index in [1.165, 1.54) is 6.92 Å². The van der Waals surface area contributed by atoms with Crippen molar-refractivity contribution < 1.29 is 19.5 Å².